The summed E-state index contributed by atoms with van der Waals surface area (Å²) in [7, 11) is 0. The Labute approximate surface area is 268 Å². The third-order valence-electron chi connectivity index (χ3n) is 8.75. The summed E-state index contributed by atoms with van der Waals surface area (Å²) < 4.78 is 24.4. The van der Waals surface area contributed by atoms with Gasteiger partial charge in [-0.15, -0.1) is 0 Å². The fourth-order valence-electron chi connectivity index (χ4n) is 5.72. The first-order valence-corrected chi connectivity index (χ1v) is 16.0. The minimum Gasteiger partial charge on any atom is -0.463 e. The number of nitrogens with two attached hydrogens (primary N) is 1. The van der Waals surface area contributed by atoms with Gasteiger partial charge in [0, 0.05) is 13.0 Å². The van der Waals surface area contributed by atoms with E-state index in [-0.39, 0.29) is 36.4 Å². The van der Waals surface area contributed by atoms with Crippen LogP contribution in [0.1, 0.15) is 85.3 Å². The molecule has 2 aromatic heterocycles. The second-order valence-electron chi connectivity index (χ2n) is 12.9. The van der Waals surface area contributed by atoms with Gasteiger partial charge in [-0.2, -0.15) is 10.4 Å². The monoisotopic (exact) mass is 642 g/mol. The Morgan fingerprint density at radius 1 is 1.28 bits per heavy atom. The number of nitrogens with zero attached hydrogens (tertiary/aromatic N) is 4. The molecule has 0 spiro atoms. The number of aliphatic hydroxyl groups excluding tert-OH is 1. The van der Waals surface area contributed by atoms with Crippen LogP contribution in [0.3, 0.4) is 0 Å². The first kappa shape index (κ1) is 35.2. The van der Waals surface area contributed by atoms with E-state index in [0.29, 0.717) is 12.1 Å². The number of hydrogen-bond donors (Lipinski definition) is 3. The Morgan fingerprint density at radius 2 is 2.00 bits per heavy atom. The molecule has 1 saturated heterocycles. The van der Waals surface area contributed by atoms with E-state index in [1.165, 1.54) is 16.9 Å². The Hall–Kier alpha value is -3.64. The highest BCUT2D eigenvalue weighted by atomic mass is 16.6. The summed E-state index contributed by atoms with van der Waals surface area (Å²) >= 11 is 0. The number of rotatable bonds is 14. The molecule has 4 rings (SSSR count). The standard InChI is InChI=1S/C32H46N6O8/c1-6-7-14-44-31(4,5)30(42)37-28-21-12-13-23(38(21)36-18-35-28)32(17-33)27(40)26(45-29(41)25(34)19(2)3)22(46-32)16-43-24(39)15-20-10-8-9-11-20/h12-13,18-20,22,25-27,40H,6-11,14-16,34H2,1-5H3,(H,35,36,37,42)/t22-,25-,26-,27-,32+/m1/s1. The smallest absolute Gasteiger partial charge is 0.323 e. The maximum atomic E-state index is 13.1. The number of fused-ring (bicyclic) bond motifs is 1. The van der Waals surface area contributed by atoms with Gasteiger partial charge in [0.1, 0.15) is 48.4 Å². The number of aliphatic hydroxyl groups is 1. The third kappa shape index (κ3) is 7.49. The van der Waals surface area contributed by atoms with Crippen LogP contribution in [-0.4, -0.2) is 80.7 Å². The molecule has 0 unspecified atom stereocenters. The number of carbonyl (C=O) groups excluding carboxylic acids is 3. The van der Waals surface area contributed by atoms with Crippen molar-refractivity contribution in [2.24, 2.45) is 17.6 Å². The molecule has 252 valence electrons. The molecule has 46 heavy (non-hydrogen) atoms. The number of unbranched alkanes of at least 4 members (excludes halogenated alkanes) is 1. The van der Waals surface area contributed by atoms with Gasteiger partial charge in [-0.3, -0.25) is 14.4 Å². The largest absolute Gasteiger partial charge is 0.463 e. The van der Waals surface area contributed by atoms with Crippen molar-refractivity contribution in [1.29, 1.82) is 5.26 Å². The van der Waals surface area contributed by atoms with E-state index in [4.69, 9.17) is 24.7 Å². The lowest BCUT2D eigenvalue weighted by Gasteiger charge is -2.26. The highest BCUT2D eigenvalue weighted by molar-refractivity contribution is 5.98. The topological polar surface area (TPSA) is 200 Å². The van der Waals surface area contributed by atoms with E-state index in [1.807, 2.05) is 13.0 Å². The zero-order valence-electron chi connectivity index (χ0n) is 27.2. The van der Waals surface area contributed by atoms with E-state index < -0.39 is 53.4 Å². The van der Waals surface area contributed by atoms with Crippen molar-refractivity contribution in [3.63, 3.8) is 0 Å². The van der Waals surface area contributed by atoms with Crippen molar-refractivity contribution >= 4 is 29.2 Å². The molecule has 0 bridgehead atoms. The van der Waals surface area contributed by atoms with Gasteiger partial charge in [0.15, 0.2) is 11.9 Å². The molecule has 2 aromatic rings. The van der Waals surface area contributed by atoms with Gasteiger partial charge in [0.2, 0.25) is 5.60 Å². The lowest BCUT2D eigenvalue weighted by atomic mass is 9.92. The van der Waals surface area contributed by atoms with Gasteiger partial charge in [-0.1, -0.05) is 40.0 Å². The van der Waals surface area contributed by atoms with Crippen molar-refractivity contribution in [2.75, 3.05) is 18.5 Å². The number of amides is 1. The average Bonchev–Trinajstić information content (AvgIpc) is 3.75. The molecule has 14 heteroatoms. The molecular formula is C32H46N6O8. The molecule has 0 radical (unpaired) electrons. The molecule has 0 aromatic carbocycles. The number of carbonyl (C=O) groups is 3. The molecule has 2 fully saturated rings. The predicted octanol–water partition coefficient (Wildman–Crippen LogP) is 2.76. The summed E-state index contributed by atoms with van der Waals surface area (Å²) in [6.07, 6.45) is 2.87. The van der Waals surface area contributed by atoms with E-state index in [2.05, 4.69) is 15.4 Å². The van der Waals surface area contributed by atoms with Crippen LogP contribution >= 0.6 is 0 Å². The lowest BCUT2D eigenvalue weighted by molar-refractivity contribution is -0.162. The van der Waals surface area contributed by atoms with E-state index in [0.717, 1.165) is 38.5 Å². The zero-order valence-corrected chi connectivity index (χ0v) is 27.2. The van der Waals surface area contributed by atoms with Crippen LogP contribution in [0.5, 0.6) is 0 Å². The molecule has 4 N–H and O–H groups in total. The summed E-state index contributed by atoms with van der Waals surface area (Å²) in [5.41, 5.74) is 3.15. The van der Waals surface area contributed by atoms with Gasteiger partial charge in [-0.25, -0.2) is 9.50 Å². The fourth-order valence-corrected chi connectivity index (χ4v) is 5.72. The van der Waals surface area contributed by atoms with E-state index in [1.54, 1.807) is 33.8 Å². The highest BCUT2D eigenvalue weighted by Gasteiger charge is 2.60. The van der Waals surface area contributed by atoms with E-state index in [9.17, 15) is 24.8 Å². The summed E-state index contributed by atoms with van der Waals surface area (Å²) in [4.78, 5) is 42.9. The van der Waals surface area contributed by atoms with Gasteiger partial charge in [0.05, 0.1) is 5.69 Å². The third-order valence-corrected chi connectivity index (χ3v) is 8.75. The maximum absolute atomic E-state index is 13.1. The second kappa shape index (κ2) is 14.8. The maximum Gasteiger partial charge on any atom is 0.323 e. The first-order valence-electron chi connectivity index (χ1n) is 16.0. The van der Waals surface area contributed by atoms with Crippen molar-refractivity contribution < 1.29 is 38.4 Å². The SMILES string of the molecule is CCCCOC(C)(C)C(=O)Nc1ncnn2c([C@]3(C#N)O[C@H](COC(=O)CC4CCCC4)[C@@H](OC(=O)[C@H](N)C(C)C)[C@H]3O)ccc12. The summed E-state index contributed by atoms with van der Waals surface area (Å²) in [6.45, 7) is 8.87. The van der Waals surface area contributed by atoms with Gasteiger partial charge < -0.3 is 35.1 Å². The zero-order chi connectivity index (χ0) is 33.6. The molecule has 14 nitrogen and oxygen atoms in total. The number of anilines is 1. The molecule has 1 aliphatic carbocycles. The van der Waals surface area contributed by atoms with Crippen molar-refractivity contribution in [3.8, 4) is 6.07 Å². The number of nitrogens with one attached hydrogen (secondary N) is 1. The highest BCUT2D eigenvalue weighted by Crippen LogP contribution is 2.42. The van der Waals surface area contributed by atoms with Crippen LogP contribution in [0.15, 0.2) is 18.5 Å². The molecule has 3 heterocycles. The van der Waals surface area contributed by atoms with Gasteiger partial charge in [-0.05, 0) is 57.1 Å². The predicted molar refractivity (Wildman–Crippen MR) is 165 cm³/mol. The Morgan fingerprint density at radius 3 is 2.65 bits per heavy atom. The molecular weight excluding hydrogens is 596 g/mol. The molecule has 5 atom stereocenters. The molecule has 2 aliphatic rings. The Balaban J connectivity index is 1.62. The van der Waals surface area contributed by atoms with Crippen LogP contribution in [0.2, 0.25) is 0 Å². The van der Waals surface area contributed by atoms with Crippen molar-refractivity contribution in [1.82, 2.24) is 14.6 Å². The Kier molecular flexibility index (Phi) is 11.4. The molecule has 1 saturated carbocycles. The summed E-state index contributed by atoms with van der Waals surface area (Å²) in [6, 6.07) is 4.11. The quantitative estimate of drug-likeness (QED) is 0.201. The summed E-state index contributed by atoms with van der Waals surface area (Å²) in [5, 5.41) is 29.2. The lowest BCUT2D eigenvalue weighted by Crippen LogP contribution is -2.46. The van der Waals surface area contributed by atoms with Gasteiger partial charge >= 0.3 is 11.9 Å². The Bertz CT molecular complexity index is 1430. The van der Waals surface area contributed by atoms with Crippen molar-refractivity contribution in [3.05, 3.63) is 24.2 Å². The normalized spacial score (nSPS) is 24.2. The molecule has 1 aliphatic heterocycles. The number of aromatic nitrogens is 3. The number of nitriles is 1. The van der Waals surface area contributed by atoms with Crippen LogP contribution in [0.25, 0.3) is 5.52 Å². The fraction of sp³-hybridized carbons (Fsp3) is 0.688. The molecule has 1 amide bonds. The number of esters is 2. The number of ether oxygens (including phenoxy) is 4. The summed E-state index contributed by atoms with van der Waals surface area (Å²) in [5.74, 6) is -1.55. The van der Waals surface area contributed by atoms with Crippen LogP contribution < -0.4 is 11.1 Å². The van der Waals surface area contributed by atoms with Crippen LogP contribution in [-0.2, 0) is 38.9 Å². The minimum atomic E-state index is -2.11. The van der Waals surface area contributed by atoms with Crippen LogP contribution in [0, 0.1) is 23.2 Å². The minimum absolute atomic E-state index is 0.0860. The van der Waals surface area contributed by atoms with Crippen LogP contribution in [0.4, 0.5) is 5.82 Å². The van der Waals surface area contributed by atoms with E-state index >= 15 is 0 Å². The van der Waals surface area contributed by atoms with Crippen molar-refractivity contribution in [2.45, 2.75) is 115 Å². The first-order chi connectivity index (χ1) is 21.8. The van der Waals surface area contributed by atoms with Gasteiger partial charge in [0.25, 0.3) is 5.91 Å². The number of hydrogen-bond acceptors (Lipinski definition) is 12. The average molecular weight is 643 g/mol. The second-order valence-corrected chi connectivity index (χ2v) is 12.9.